The van der Waals surface area contributed by atoms with Crippen LogP contribution in [0.15, 0.2) is 4.99 Å². The summed E-state index contributed by atoms with van der Waals surface area (Å²) in [4.78, 5) is 9.47. The molecule has 144 valence electrons. The van der Waals surface area contributed by atoms with Crippen LogP contribution in [0.2, 0.25) is 0 Å². The van der Waals surface area contributed by atoms with E-state index in [9.17, 15) is 0 Å². The number of aliphatic imine (C=N–C) groups is 1. The number of guanidine groups is 1. The highest BCUT2D eigenvalue weighted by Crippen LogP contribution is 2.32. The molecule has 3 aliphatic heterocycles. The third kappa shape index (κ3) is 4.29. The smallest absolute Gasteiger partial charge is 0.191 e. The summed E-state index contributed by atoms with van der Waals surface area (Å²) in [7, 11) is 8.56. The first-order chi connectivity index (χ1) is 12.0. The van der Waals surface area contributed by atoms with Crippen LogP contribution in [0.3, 0.4) is 0 Å². The van der Waals surface area contributed by atoms with Gasteiger partial charge in [-0.2, -0.15) is 0 Å². The Balaban J connectivity index is 1.54. The van der Waals surface area contributed by atoms with Gasteiger partial charge in [-0.3, -0.25) is 4.99 Å². The first kappa shape index (κ1) is 18.9. The second kappa shape index (κ2) is 8.23. The Kier molecular flexibility index (Phi) is 6.23. The molecule has 3 saturated heterocycles. The average Bonchev–Trinajstić information content (AvgIpc) is 2.60. The molecule has 0 aliphatic carbocycles. The maximum atomic E-state index is 5.58. The van der Waals surface area contributed by atoms with Gasteiger partial charge in [0.2, 0.25) is 0 Å². The van der Waals surface area contributed by atoms with E-state index in [1.54, 1.807) is 0 Å². The molecule has 0 amide bonds. The lowest BCUT2D eigenvalue weighted by Gasteiger charge is -2.47. The molecule has 3 heterocycles. The fraction of sp³-hybridized carbons (Fsp3) is 0.947. The minimum atomic E-state index is 0.166. The fourth-order valence-corrected chi connectivity index (χ4v) is 4.90. The Bertz CT molecular complexity index is 447. The maximum Gasteiger partial charge on any atom is 0.191 e. The molecule has 0 saturated carbocycles. The first-order valence-corrected chi connectivity index (χ1v) is 9.98. The molecule has 0 aromatic rings. The van der Waals surface area contributed by atoms with Crippen molar-refractivity contribution in [3.05, 3.63) is 0 Å². The minimum absolute atomic E-state index is 0.166. The van der Waals surface area contributed by atoms with Gasteiger partial charge < -0.3 is 25.2 Å². The Hall–Kier alpha value is -0.850. The summed E-state index contributed by atoms with van der Waals surface area (Å²) in [6.45, 7) is 2.62. The number of likely N-dealkylation sites (N-methyl/N-ethyl adjacent to an activating group) is 1. The Morgan fingerprint density at radius 1 is 1.20 bits per heavy atom. The van der Waals surface area contributed by atoms with Crippen LogP contribution >= 0.6 is 0 Å². The van der Waals surface area contributed by atoms with Gasteiger partial charge in [0.05, 0.1) is 0 Å². The zero-order valence-corrected chi connectivity index (χ0v) is 16.6. The van der Waals surface area contributed by atoms with Crippen LogP contribution in [-0.4, -0.2) is 87.4 Å². The number of nitrogens with one attached hydrogen (secondary N) is 2. The van der Waals surface area contributed by atoms with Crippen molar-refractivity contribution in [2.75, 3.05) is 47.9 Å². The van der Waals surface area contributed by atoms with Gasteiger partial charge in [0.25, 0.3) is 0 Å². The second-order valence-corrected chi connectivity index (χ2v) is 8.37. The third-order valence-corrected chi connectivity index (χ3v) is 6.86. The molecule has 2 unspecified atom stereocenters. The first-order valence-electron chi connectivity index (χ1n) is 9.98. The number of hydrogen-bond donors (Lipinski definition) is 2. The average molecular weight is 352 g/mol. The van der Waals surface area contributed by atoms with E-state index in [0.717, 1.165) is 50.6 Å². The molecule has 0 spiro atoms. The van der Waals surface area contributed by atoms with Crippen LogP contribution in [-0.2, 0) is 4.74 Å². The van der Waals surface area contributed by atoms with Crippen LogP contribution in [0, 0.1) is 0 Å². The van der Waals surface area contributed by atoms with Gasteiger partial charge >= 0.3 is 0 Å². The van der Waals surface area contributed by atoms with E-state index in [0.29, 0.717) is 6.04 Å². The zero-order valence-electron chi connectivity index (χ0n) is 16.6. The van der Waals surface area contributed by atoms with Crippen LogP contribution in [0.4, 0.5) is 0 Å². The molecule has 3 aliphatic rings. The van der Waals surface area contributed by atoms with E-state index in [-0.39, 0.29) is 5.54 Å². The molecular formula is C19H37N5O. The van der Waals surface area contributed by atoms with Gasteiger partial charge in [0.15, 0.2) is 5.96 Å². The van der Waals surface area contributed by atoms with Gasteiger partial charge in [0, 0.05) is 50.5 Å². The lowest BCUT2D eigenvalue weighted by molar-refractivity contribution is -0.00510. The monoisotopic (exact) mass is 351 g/mol. The predicted molar refractivity (Wildman–Crippen MR) is 103 cm³/mol. The molecule has 6 heteroatoms. The Labute approximate surface area is 153 Å². The van der Waals surface area contributed by atoms with E-state index in [1.807, 2.05) is 7.05 Å². The summed E-state index contributed by atoms with van der Waals surface area (Å²) in [5.41, 5.74) is 0.166. The van der Waals surface area contributed by atoms with Crippen LogP contribution in [0.5, 0.6) is 0 Å². The molecule has 0 radical (unpaired) electrons. The Morgan fingerprint density at radius 2 is 1.84 bits per heavy atom. The molecule has 2 bridgehead atoms. The van der Waals surface area contributed by atoms with Crippen molar-refractivity contribution in [3.8, 4) is 0 Å². The standard InChI is InChI=1S/C19H37N5O/c1-20-18(21-14-19(23(2)3)8-10-25-11-9-19)22-15-12-16-6-5-7-17(13-15)24(16)4/h15-17H,5-14H2,1-4H3,(H2,20,21,22). The molecule has 2 N–H and O–H groups in total. The van der Waals surface area contributed by atoms with Crippen LogP contribution in [0.25, 0.3) is 0 Å². The topological polar surface area (TPSA) is 52.1 Å². The van der Waals surface area contributed by atoms with Gasteiger partial charge in [0.1, 0.15) is 0 Å². The molecule has 6 nitrogen and oxygen atoms in total. The van der Waals surface area contributed by atoms with E-state index >= 15 is 0 Å². The quantitative estimate of drug-likeness (QED) is 0.590. The number of rotatable bonds is 4. The summed E-state index contributed by atoms with van der Waals surface area (Å²) in [6.07, 6.45) is 8.71. The number of ether oxygens (including phenoxy) is 1. The summed E-state index contributed by atoms with van der Waals surface area (Å²) >= 11 is 0. The van der Waals surface area contributed by atoms with E-state index < -0.39 is 0 Å². The number of nitrogens with zero attached hydrogens (tertiary/aromatic N) is 3. The number of hydrogen-bond acceptors (Lipinski definition) is 4. The molecule has 0 aromatic heterocycles. The van der Waals surface area contributed by atoms with Crippen molar-refractivity contribution < 1.29 is 4.74 Å². The summed E-state index contributed by atoms with van der Waals surface area (Å²) in [5.74, 6) is 0.959. The van der Waals surface area contributed by atoms with Crippen molar-refractivity contribution in [2.45, 2.75) is 68.6 Å². The van der Waals surface area contributed by atoms with Gasteiger partial charge in [-0.1, -0.05) is 6.42 Å². The normalized spacial score (nSPS) is 33.3. The lowest BCUT2D eigenvalue weighted by Crippen LogP contribution is -2.59. The summed E-state index contributed by atoms with van der Waals surface area (Å²) in [6, 6.07) is 2.03. The van der Waals surface area contributed by atoms with Crippen LogP contribution in [0.1, 0.15) is 44.9 Å². The highest BCUT2D eigenvalue weighted by molar-refractivity contribution is 5.80. The van der Waals surface area contributed by atoms with Gasteiger partial charge in [-0.15, -0.1) is 0 Å². The summed E-state index contributed by atoms with van der Waals surface area (Å²) < 4.78 is 5.58. The van der Waals surface area contributed by atoms with Gasteiger partial charge in [-0.05, 0) is 59.7 Å². The maximum absolute atomic E-state index is 5.58. The molecule has 0 aromatic carbocycles. The van der Waals surface area contributed by atoms with Crippen molar-refractivity contribution in [1.29, 1.82) is 0 Å². The zero-order chi connectivity index (χ0) is 17.9. The third-order valence-electron chi connectivity index (χ3n) is 6.86. The lowest BCUT2D eigenvalue weighted by atomic mass is 9.82. The van der Waals surface area contributed by atoms with Crippen molar-refractivity contribution >= 4 is 5.96 Å². The van der Waals surface area contributed by atoms with E-state index in [4.69, 9.17) is 4.74 Å². The highest BCUT2D eigenvalue weighted by atomic mass is 16.5. The largest absolute Gasteiger partial charge is 0.381 e. The molecular weight excluding hydrogens is 314 g/mol. The van der Waals surface area contributed by atoms with E-state index in [2.05, 4.69) is 46.6 Å². The van der Waals surface area contributed by atoms with Crippen molar-refractivity contribution in [3.63, 3.8) is 0 Å². The SMILES string of the molecule is CN=C(NCC1(N(C)C)CCOCC1)NC1CC2CCCC(C1)N2C. The second-order valence-electron chi connectivity index (χ2n) is 8.37. The fourth-order valence-electron chi connectivity index (χ4n) is 4.90. The van der Waals surface area contributed by atoms with Crippen LogP contribution < -0.4 is 10.6 Å². The number of piperidine rings is 2. The predicted octanol–water partition coefficient (Wildman–Crippen LogP) is 1.28. The molecule has 2 atom stereocenters. The molecule has 3 rings (SSSR count). The van der Waals surface area contributed by atoms with Gasteiger partial charge in [-0.25, -0.2) is 0 Å². The highest BCUT2D eigenvalue weighted by Gasteiger charge is 2.37. The minimum Gasteiger partial charge on any atom is -0.381 e. The molecule has 3 fully saturated rings. The Morgan fingerprint density at radius 3 is 2.40 bits per heavy atom. The molecule has 25 heavy (non-hydrogen) atoms. The van der Waals surface area contributed by atoms with Crippen molar-refractivity contribution in [1.82, 2.24) is 20.4 Å². The van der Waals surface area contributed by atoms with E-state index in [1.165, 1.54) is 32.1 Å². The number of fused-ring (bicyclic) bond motifs is 2. The summed E-state index contributed by atoms with van der Waals surface area (Å²) in [5, 5.41) is 7.33. The van der Waals surface area contributed by atoms with Crippen molar-refractivity contribution in [2.24, 2.45) is 4.99 Å².